The van der Waals surface area contributed by atoms with Gasteiger partial charge in [0.25, 0.3) is 5.91 Å². The minimum absolute atomic E-state index is 0.0413. The summed E-state index contributed by atoms with van der Waals surface area (Å²) in [6.07, 6.45) is -0.517. The molecule has 0 spiro atoms. The number of anilines is 1. The van der Waals surface area contributed by atoms with Crippen molar-refractivity contribution in [2.45, 2.75) is 39.7 Å². The number of rotatable bonds is 7. The van der Waals surface area contributed by atoms with Crippen molar-refractivity contribution in [3.05, 3.63) is 53.6 Å². The highest BCUT2D eigenvalue weighted by Gasteiger charge is 2.16. The minimum atomic E-state index is -0.594. The van der Waals surface area contributed by atoms with E-state index in [1.54, 1.807) is 57.2 Å². The third-order valence-electron chi connectivity index (χ3n) is 4.01. The summed E-state index contributed by atoms with van der Waals surface area (Å²) in [6, 6.07) is 11.5. The van der Waals surface area contributed by atoms with Crippen LogP contribution in [0.25, 0.3) is 0 Å². The van der Waals surface area contributed by atoms with Gasteiger partial charge in [0.2, 0.25) is 5.91 Å². The number of hydrogen-bond donors (Lipinski definition) is 3. The number of methoxy groups -OCH3 is 1. The van der Waals surface area contributed by atoms with E-state index in [1.165, 1.54) is 13.2 Å². The van der Waals surface area contributed by atoms with Crippen LogP contribution in [0.15, 0.2) is 42.5 Å². The van der Waals surface area contributed by atoms with E-state index in [2.05, 4.69) is 16.2 Å². The first kappa shape index (κ1) is 24.5. The van der Waals surface area contributed by atoms with Crippen LogP contribution in [0.2, 0.25) is 0 Å². The van der Waals surface area contributed by atoms with Crippen LogP contribution in [-0.2, 0) is 16.0 Å². The molecule has 0 saturated heterocycles. The lowest BCUT2D eigenvalue weighted by molar-refractivity contribution is -0.121. The fourth-order valence-electron chi connectivity index (χ4n) is 2.64. The lowest BCUT2D eigenvalue weighted by Gasteiger charge is -2.19. The summed E-state index contributed by atoms with van der Waals surface area (Å²) in [5.41, 5.74) is 5.71. The van der Waals surface area contributed by atoms with Crippen LogP contribution in [0.5, 0.6) is 11.5 Å². The van der Waals surface area contributed by atoms with E-state index in [1.807, 2.05) is 6.92 Å². The molecule has 0 fully saturated rings. The molecule has 3 amide bonds. The molecule has 0 aliphatic heterocycles. The predicted octanol–water partition coefficient (Wildman–Crippen LogP) is 3.44. The summed E-state index contributed by atoms with van der Waals surface area (Å²) >= 11 is 0. The Morgan fingerprint density at radius 2 is 1.62 bits per heavy atom. The molecule has 172 valence electrons. The Labute approximate surface area is 187 Å². The van der Waals surface area contributed by atoms with Gasteiger partial charge < -0.3 is 14.2 Å². The van der Waals surface area contributed by atoms with Gasteiger partial charge in [0.15, 0.2) is 11.5 Å². The molecule has 9 nitrogen and oxygen atoms in total. The summed E-state index contributed by atoms with van der Waals surface area (Å²) in [4.78, 5) is 36.3. The molecule has 0 aliphatic carbocycles. The van der Waals surface area contributed by atoms with Gasteiger partial charge in [-0.3, -0.25) is 25.8 Å². The van der Waals surface area contributed by atoms with E-state index in [0.717, 1.165) is 0 Å². The third-order valence-corrected chi connectivity index (χ3v) is 4.01. The molecule has 0 atom stereocenters. The van der Waals surface area contributed by atoms with E-state index < -0.39 is 23.5 Å². The Morgan fingerprint density at radius 1 is 0.938 bits per heavy atom. The van der Waals surface area contributed by atoms with Gasteiger partial charge in [0, 0.05) is 11.3 Å². The van der Waals surface area contributed by atoms with Gasteiger partial charge in [0.05, 0.1) is 20.1 Å². The summed E-state index contributed by atoms with van der Waals surface area (Å²) in [6.45, 7) is 7.65. The van der Waals surface area contributed by atoms with Crippen molar-refractivity contribution in [2.75, 3.05) is 19.0 Å². The van der Waals surface area contributed by atoms with E-state index in [9.17, 15) is 14.4 Å². The Morgan fingerprint density at radius 3 is 2.22 bits per heavy atom. The van der Waals surface area contributed by atoms with Crippen LogP contribution in [0.1, 0.15) is 43.6 Å². The maximum Gasteiger partial charge on any atom is 0.412 e. The normalized spacial score (nSPS) is 10.7. The van der Waals surface area contributed by atoms with Gasteiger partial charge in [0.1, 0.15) is 5.60 Å². The Bertz CT molecular complexity index is 951. The molecule has 0 aromatic heterocycles. The summed E-state index contributed by atoms with van der Waals surface area (Å²) in [5, 5.41) is 2.62. The van der Waals surface area contributed by atoms with Crippen molar-refractivity contribution in [1.29, 1.82) is 0 Å². The number of benzene rings is 2. The van der Waals surface area contributed by atoms with Crippen molar-refractivity contribution in [1.82, 2.24) is 10.9 Å². The molecule has 2 aromatic rings. The van der Waals surface area contributed by atoms with Crippen LogP contribution in [0.3, 0.4) is 0 Å². The molecule has 0 aliphatic rings. The number of carbonyl (C=O) groups excluding carboxylic acids is 3. The number of amides is 3. The maximum atomic E-state index is 12.3. The highest BCUT2D eigenvalue weighted by atomic mass is 16.6. The Kier molecular flexibility index (Phi) is 8.46. The largest absolute Gasteiger partial charge is 0.493 e. The standard InChI is InChI=1S/C23H29N3O6/c1-6-31-18-12-9-16(14-19(18)30-5)21(28)26-25-20(27)13-15-7-10-17(11-8-15)24-22(29)32-23(2,3)4/h7-12,14H,6,13H2,1-5H3,(H,24,29)(H,25,27)(H,26,28). The van der Waals surface area contributed by atoms with Crippen LogP contribution in [-0.4, -0.2) is 37.2 Å². The average molecular weight is 444 g/mol. The molecule has 0 saturated carbocycles. The number of nitrogens with one attached hydrogen (secondary N) is 3. The smallest absolute Gasteiger partial charge is 0.412 e. The molecule has 32 heavy (non-hydrogen) atoms. The predicted molar refractivity (Wildman–Crippen MR) is 120 cm³/mol. The molecule has 0 bridgehead atoms. The van der Waals surface area contributed by atoms with E-state index >= 15 is 0 Å². The second kappa shape index (κ2) is 11.0. The van der Waals surface area contributed by atoms with Gasteiger partial charge in [-0.25, -0.2) is 4.79 Å². The zero-order valence-electron chi connectivity index (χ0n) is 18.9. The number of hydrogen-bond acceptors (Lipinski definition) is 6. The topological polar surface area (TPSA) is 115 Å². The first-order chi connectivity index (χ1) is 15.1. The number of hydrazine groups is 1. The molecular weight excluding hydrogens is 414 g/mol. The van der Waals surface area contributed by atoms with Gasteiger partial charge in [-0.2, -0.15) is 0 Å². The Balaban J connectivity index is 1.86. The molecule has 0 heterocycles. The lowest BCUT2D eigenvalue weighted by atomic mass is 10.1. The molecule has 9 heteroatoms. The second-order valence-corrected chi connectivity index (χ2v) is 7.80. The average Bonchev–Trinajstić information content (AvgIpc) is 2.72. The third kappa shape index (κ3) is 7.82. The van der Waals surface area contributed by atoms with Crippen molar-refractivity contribution in [3.63, 3.8) is 0 Å². The van der Waals surface area contributed by atoms with Crippen LogP contribution in [0.4, 0.5) is 10.5 Å². The summed E-state index contributed by atoms with van der Waals surface area (Å²) in [5.74, 6) is 0.0619. The quantitative estimate of drug-likeness (QED) is 0.565. The zero-order valence-corrected chi connectivity index (χ0v) is 18.9. The highest BCUT2D eigenvalue weighted by molar-refractivity contribution is 5.96. The first-order valence-corrected chi connectivity index (χ1v) is 10.1. The molecular formula is C23H29N3O6. The molecule has 3 N–H and O–H groups in total. The SMILES string of the molecule is CCOc1ccc(C(=O)NNC(=O)Cc2ccc(NC(=O)OC(C)(C)C)cc2)cc1OC. The van der Waals surface area contributed by atoms with Crippen molar-refractivity contribution in [3.8, 4) is 11.5 Å². The van der Waals surface area contributed by atoms with Crippen molar-refractivity contribution >= 4 is 23.6 Å². The first-order valence-electron chi connectivity index (χ1n) is 10.1. The summed E-state index contributed by atoms with van der Waals surface area (Å²) in [7, 11) is 1.48. The lowest BCUT2D eigenvalue weighted by Crippen LogP contribution is -2.42. The fourth-order valence-corrected chi connectivity index (χ4v) is 2.64. The van der Waals surface area contributed by atoms with Gasteiger partial charge in [-0.15, -0.1) is 0 Å². The van der Waals surface area contributed by atoms with E-state index in [4.69, 9.17) is 14.2 Å². The highest BCUT2D eigenvalue weighted by Crippen LogP contribution is 2.27. The Hall–Kier alpha value is -3.75. The van der Waals surface area contributed by atoms with Gasteiger partial charge >= 0.3 is 6.09 Å². The second-order valence-electron chi connectivity index (χ2n) is 7.80. The minimum Gasteiger partial charge on any atom is -0.493 e. The van der Waals surface area contributed by atoms with Crippen LogP contribution in [0, 0.1) is 0 Å². The molecule has 2 aromatic carbocycles. The zero-order chi connectivity index (χ0) is 23.7. The van der Waals surface area contributed by atoms with Crippen LogP contribution >= 0.6 is 0 Å². The number of ether oxygens (including phenoxy) is 3. The maximum absolute atomic E-state index is 12.3. The summed E-state index contributed by atoms with van der Waals surface area (Å²) < 4.78 is 15.8. The molecule has 0 unspecified atom stereocenters. The van der Waals surface area contributed by atoms with Crippen LogP contribution < -0.4 is 25.6 Å². The monoisotopic (exact) mass is 443 g/mol. The molecule has 0 radical (unpaired) electrons. The van der Waals surface area contributed by atoms with Crippen molar-refractivity contribution < 1.29 is 28.6 Å². The van der Waals surface area contributed by atoms with Gasteiger partial charge in [-0.05, 0) is 63.6 Å². The van der Waals surface area contributed by atoms with Gasteiger partial charge in [-0.1, -0.05) is 12.1 Å². The molecule has 2 rings (SSSR count). The van der Waals surface area contributed by atoms with E-state index in [-0.39, 0.29) is 6.42 Å². The van der Waals surface area contributed by atoms with E-state index in [0.29, 0.717) is 34.9 Å². The van der Waals surface area contributed by atoms with Crippen molar-refractivity contribution in [2.24, 2.45) is 0 Å². The number of carbonyl (C=O) groups is 3. The fraction of sp³-hybridized carbons (Fsp3) is 0.348.